The molecule has 1 aromatic carbocycles. The minimum atomic E-state index is -1.04. The average Bonchev–Trinajstić information content (AvgIpc) is 2.48. The van der Waals surface area contributed by atoms with Crippen LogP contribution in [0.5, 0.6) is 0 Å². The Morgan fingerprint density at radius 2 is 2.10 bits per heavy atom. The van der Waals surface area contributed by atoms with Crippen molar-refractivity contribution >= 4 is 12.0 Å². The molecule has 0 radical (unpaired) electrons. The number of carbonyl (C=O) groups is 2. The number of benzene rings is 1. The Morgan fingerprint density at radius 3 is 2.80 bits per heavy atom. The van der Waals surface area contributed by atoms with Crippen molar-refractivity contribution in [2.45, 2.75) is 12.5 Å². The van der Waals surface area contributed by atoms with Crippen LogP contribution in [-0.4, -0.2) is 54.4 Å². The molecule has 6 nitrogen and oxygen atoms in total. The van der Waals surface area contributed by atoms with E-state index >= 15 is 0 Å². The van der Waals surface area contributed by atoms with Gasteiger partial charge in [-0.2, -0.15) is 0 Å². The molecule has 2 amide bonds. The highest BCUT2D eigenvalue weighted by molar-refractivity contribution is 5.77. The summed E-state index contributed by atoms with van der Waals surface area (Å²) >= 11 is 0. The molecule has 1 atom stereocenters. The molecule has 108 valence electrons. The number of ether oxygens (including phenoxy) is 1. The zero-order valence-corrected chi connectivity index (χ0v) is 11.1. The van der Waals surface area contributed by atoms with Gasteiger partial charge in [0.2, 0.25) is 0 Å². The van der Waals surface area contributed by atoms with Gasteiger partial charge in [0.15, 0.2) is 6.10 Å². The van der Waals surface area contributed by atoms with Crippen molar-refractivity contribution in [1.82, 2.24) is 10.2 Å². The van der Waals surface area contributed by atoms with Gasteiger partial charge in [0.1, 0.15) is 0 Å². The third-order valence-electron chi connectivity index (χ3n) is 3.16. The molecule has 0 bridgehead atoms. The topological polar surface area (TPSA) is 78.9 Å². The molecule has 20 heavy (non-hydrogen) atoms. The third kappa shape index (κ3) is 3.96. The number of carboxylic acid groups (broad SMARTS) is 1. The molecule has 1 saturated heterocycles. The summed E-state index contributed by atoms with van der Waals surface area (Å²) < 4.78 is 5.07. The maximum Gasteiger partial charge on any atom is 0.334 e. The van der Waals surface area contributed by atoms with Crippen molar-refractivity contribution in [1.29, 1.82) is 0 Å². The van der Waals surface area contributed by atoms with Crippen LogP contribution in [0.15, 0.2) is 30.3 Å². The molecular weight excluding hydrogens is 260 g/mol. The Kier molecular flexibility index (Phi) is 4.95. The van der Waals surface area contributed by atoms with Crippen LogP contribution >= 0.6 is 0 Å². The van der Waals surface area contributed by atoms with Gasteiger partial charge in [-0.15, -0.1) is 0 Å². The van der Waals surface area contributed by atoms with Crippen molar-refractivity contribution in [3.05, 3.63) is 35.9 Å². The van der Waals surface area contributed by atoms with Crippen LogP contribution in [0.4, 0.5) is 4.79 Å². The second kappa shape index (κ2) is 6.91. The lowest BCUT2D eigenvalue weighted by Gasteiger charge is -2.30. The lowest BCUT2D eigenvalue weighted by Crippen LogP contribution is -2.52. The summed E-state index contributed by atoms with van der Waals surface area (Å²) in [5, 5.41) is 11.7. The summed E-state index contributed by atoms with van der Waals surface area (Å²) in [4.78, 5) is 24.2. The van der Waals surface area contributed by atoms with Crippen molar-refractivity contribution in [3.63, 3.8) is 0 Å². The van der Waals surface area contributed by atoms with E-state index in [0.29, 0.717) is 13.1 Å². The second-order valence-corrected chi connectivity index (χ2v) is 4.61. The van der Waals surface area contributed by atoms with E-state index in [-0.39, 0.29) is 19.2 Å². The Hall–Kier alpha value is -2.08. The van der Waals surface area contributed by atoms with E-state index in [1.54, 1.807) is 0 Å². The first-order chi connectivity index (χ1) is 9.66. The molecule has 0 saturated carbocycles. The summed E-state index contributed by atoms with van der Waals surface area (Å²) in [6.45, 7) is 1.29. The first kappa shape index (κ1) is 14.3. The van der Waals surface area contributed by atoms with Crippen LogP contribution in [0.1, 0.15) is 5.56 Å². The van der Waals surface area contributed by atoms with E-state index in [9.17, 15) is 9.59 Å². The number of morpholine rings is 1. The number of nitrogens with one attached hydrogen (secondary N) is 1. The summed E-state index contributed by atoms with van der Waals surface area (Å²) in [6.07, 6.45) is -0.178. The van der Waals surface area contributed by atoms with E-state index in [2.05, 4.69) is 5.32 Å². The minimum absolute atomic E-state index is 0.0898. The lowest BCUT2D eigenvalue weighted by molar-refractivity contribution is -0.154. The van der Waals surface area contributed by atoms with Crippen LogP contribution in [-0.2, 0) is 16.0 Å². The molecule has 1 unspecified atom stereocenters. The van der Waals surface area contributed by atoms with Crippen LogP contribution in [0.3, 0.4) is 0 Å². The Morgan fingerprint density at radius 1 is 1.35 bits per heavy atom. The van der Waals surface area contributed by atoms with Crippen molar-refractivity contribution in [2.24, 2.45) is 0 Å². The average molecular weight is 278 g/mol. The molecule has 6 heteroatoms. The van der Waals surface area contributed by atoms with Gasteiger partial charge in [-0.25, -0.2) is 9.59 Å². The molecule has 2 N–H and O–H groups in total. The van der Waals surface area contributed by atoms with E-state index < -0.39 is 12.1 Å². The van der Waals surface area contributed by atoms with Crippen molar-refractivity contribution in [2.75, 3.05) is 26.2 Å². The third-order valence-corrected chi connectivity index (χ3v) is 3.16. The Balaban J connectivity index is 1.75. The molecule has 1 aliphatic heterocycles. The standard InChI is InChI=1S/C14H18N2O4/c17-13(18)12-10-16(8-9-20-12)14(19)15-7-6-11-4-2-1-3-5-11/h1-5,12H,6-10H2,(H,15,19)(H,17,18). The zero-order valence-electron chi connectivity index (χ0n) is 11.1. The zero-order chi connectivity index (χ0) is 14.4. The second-order valence-electron chi connectivity index (χ2n) is 4.61. The fourth-order valence-corrected chi connectivity index (χ4v) is 2.05. The highest BCUT2D eigenvalue weighted by atomic mass is 16.5. The Bertz CT molecular complexity index is 464. The summed E-state index contributed by atoms with van der Waals surface area (Å²) in [7, 11) is 0. The number of hydrogen-bond acceptors (Lipinski definition) is 3. The van der Waals surface area contributed by atoms with E-state index in [1.165, 1.54) is 4.90 Å². The monoisotopic (exact) mass is 278 g/mol. The quantitative estimate of drug-likeness (QED) is 0.850. The molecule has 1 fully saturated rings. The number of aliphatic carboxylic acids is 1. The number of rotatable bonds is 4. The summed E-state index contributed by atoms with van der Waals surface area (Å²) in [5.74, 6) is -1.04. The van der Waals surface area contributed by atoms with Crippen LogP contribution in [0.2, 0.25) is 0 Å². The van der Waals surface area contributed by atoms with E-state index in [4.69, 9.17) is 9.84 Å². The molecule has 0 spiro atoms. The van der Waals surface area contributed by atoms with Crippen molar-refractivity contribution in [3.8, 4) is 0 Å². The number of carbonyl (C=O) groups excluding carboxylic acids is 1. The van der Waals surface area contributed by atoms with Gasteiger partial charge < -0.3 is 20.1 Å². The highest BCUT2D eigenvalue weighted by Gasteiger charge is 2.28. The van der Waals surface area contributed by atoms with Gasteiger partial charge in [0, 0.05) is 13.1 Å². The van der Waals surface area contributed by atoms with Crippen LogP contribution in [0, 0.1) is 0 Å². The number of nitrogens with zero attached hydrogens (tertiary/aromatic N) is 1. The number of hydrogen-bond donors (Lipinski definition) is 2. The van der Waals surface area contributed by atoms with E-state index in [1.807, 2.05) is 30.3 Å². The lowest BCUT2D eigenvalue weighted by atomic mass is 10.1. The van der Waals surface area contributed by atoms with Gasteiger partial charge in [0.05, 0.1) is 13.2 Å². The molecular formula is C14H18N2O4. The minimum Gasteiger partial charge on any atom is -0.479 e. The van der Waals surface area contributed by atoms with Crippen LogP contribution in [0.25, 0.3) is 0 Å². The maximum atomic E-state index is 11.9. The normalized spacial score (nSPS) is 18.6. The fourth-order valence-electron chi connectivity index (χ4n) is 2.05. The molecule has 0 aromatic heterocycles. The molecule has 1 aliphatic rings. The molecule has 1 aromatic rings. The van der Waals surface area contributed by atoms with Crippen LogP contribution < -0.4 is 5.32 Å². The smallest absolute Gasteiger partial charge is 0.334 e. The molecule has 0 aliphatic carbocycles. The first-order valence-corrected chi connectivity index (χ1v) is 6.58. The first-order valence-electron chi connectivity index (χ1n) is 6.58. The van der Waals surface area contributed by atoms with Gasteiger partial charge >= 0.3 is 12.0 Å². The highest BCUT2D eigenvalue weighted by Crippen LogP contribution is 2.05. The largest absolute Gasteiger partial charge is 0.479 e. The SMILES string of the molecule is O=C(O)C1CN(C(=O)NCCc2ccccc2)CCO1. The predicted octanol–water partition coefficient (Wildman–Crippen LogP) is 0.724. The van der Waals surface area contributed by atoms with Gasteiger partial charge in [-0.3, -0.25) is 0 Å². The number of carboxylic acids is 1. The van der Waals surface area contributed by atoms with Crippen molar-refractivity contribution < 1.29 is 19.4 Å². The maximum absolute atomic E-state index is 11.9. The fraction of sp³-hybridized carbons (Fsp3) is 0.429. The molecule has 2 rings (SSSR count). The number of urea groups is 1. The molecule has 1 heterocycles. The Labute approximate surface area is 117 Å². The number of amides is 2. The summed E-state index contributed by atoms with van der Waals surface area (Å²) in [6, 6.07) is 9.62. The van der Waals surface area contributed by atoms with Gasteiger partial charge in [-0.1, -0.05) is 30.3 Å². The predicted molar refractivity (Wildman–Crippen MR) is 72.5 cm³/mol. The van der Waals surface area contributed by atoms with Gasteiger partial charge in [0.25, 0.3) is 0 Å². The van der Waals surface area contributed by atoms with E-state index in [0.717, 1.165) is 12.0 Å². The summed E-state index contributed by atoms with van der Waals surface area (Å²) in [5.41, 5.74) is 1.15. The van der Waals surface area contributed by atoms with Gasteiger partial charge in [-0.05, 0) is 12.0 Å².